The van der Waals surface area contributed by atoms with Crippen LogP contribution in [-0.4, -0.2) is 19.9 Å². The Morgan fingerprint density at radius 1 is 1.37 bits per heavy atom. The number of nitrogens with two attached hydrogens (primary N) is 1. The summed E-state index contributed by atoms with van der Waals surface area (Å²) >= 11 is 0. The number of nitro groups is 1. The van der Waals surface area contributed by atoms with Crippen molar-refractivity contribution in [2.75, 3.05) is 10.7 Å². The van der Waals surface area contributed by atoms with Crippen LogP contribution >= 0.6 is 0 Å². The van der Waals surface area contributed by atoms with Gasteiger partial charge in [0.2, 0.25) is 11.8 Å². The number of aromatic nitrogens is 3. The molecule has 0 aromatic carbocycles. The van der Waals surface area contributed by atoms with E-state index in [1.165, 1.54) is 0 Å². The van der Waals surface area contributed by atoms with Gasteiger partial charge in [-0.3, -0.25) is 20.5 Å². The van der Waals surface area contributed by atoms with Crippen LogP contribution in [0.1, 0.15) is 5.56 Å². The number of hydrazine groups is 1. The SMILES string of the molecule is NNc1ncc([N+](=O)[O-])c(NCc2ccncc2)n1. The fourth-order valence-electron chi connectivity index (χ4n) is 1.40. The standard InChI is InChI=1S/C10H11N7O2/c11-16-10-14-6-8(17(18)19)9(15-10)13-5-7-1-3-12-4-2-7/h1-4,6H,5,11H2,(H2,13,14,15,16). The molecule has 0 bridgehead atoms. The lowest BCUT2D eigenvalue weighted by atomic mass is 10.3. The van der Waals surface area contributed by atoms with E-state index in [1.807, 2.05) is 0 Å². The minimum absolute atomic E-state index is 0.0998. The zero-order valence-corrected chi connectivity index (χ0v) is 9.78. The highest BCUT2D eigenvalue weighted by molar-refractivity contribution is 5.56. The molecule has 0 radical (unpaired) electrons. The average Bonchev–Trinajstić information content (AvgIpc) is 2.45. The molecule has 0 fully saturated rings. The summed E-state index contributed by atoms with van der Waals surface area (Å²) in [7, 11) is 0. The van der Waals surface area contributed by atoms with Crippen molar-refractivity contribution >= 4 is 17.5 Å². The van der Waals surface area contributed by atoms with Gasteiger partial charge in [0.15, 0.2) is 0 Å². The number of hydrogen-bond acceptors (Lipinski definition) is 8. The summed E-state index contributed by atoms with van der Waals surface area (Å²) in [5.74, 6) is 5.37. The Balaban J connectivity index is 2.20. The number of hydrogen-bond donors (Lipinski definition) is 3. The molecular formula is C10H11N7O2. The minimum atomic E-state index is -0.560. The first kappa shape index (κ1) is 12.6. The van der Waals surface area contributed by atoms with Crippen LogP contribution < -0.4 is 16.6 Å². The van der Waals surface area contributed by atoms with Crippen molar-refractivity contribution in [2.45, 2.75) is 6.54 Å². The third kappa shape index (κ3) is 3.10. The molecule has 0 aliphatic rings. The highest BCUT2D eigenvalue weighted by Crippen LogP contribution is 2.22. The van der Waals surface area contributed by atoms with Crippen LogP contribution in [-0.2, 0) is 6.54 Å². The van der Waals surface area contributed by atoms with Crippen molar-refractivity contribution in [1.29, 1.82) is 0 Å². The molecule has 0 unspecified atom stereocenters. The van der Waals surface area contributed by atoms with Crippen molar-refractivity contribution in [3.63, 3.8) is 0 Å². The molecule has 0 atom stereocenters. The maximum atomic E-state index is 10.9. The van der Waals surface area contributed by atoms with Gasteiger partial charge in [0.05, 0.1) is 4.92 Å². The molecule has 0 aliphatic carbocycles. The molecule has 9 heteroatoms. The van der Waals surface area contributed by atoms with Gasteiger partial charge in [0, 0.05) is 18.9 Å². The molecule has 2 aromatic rings. The van der Waals surface area contributed by atoms with Crippen molar-refractivity contribution in [3.05, 3.63) is 46.4 Å². The van der Waals surface area contributed by atoms with E-state index in [1.54, 1.807) is 24.5 Å². The predicted octanol–water partition coefficient (Wildman–Crippen LogP) is 0.677. The van der Waals surface area contributed by atoms with Crippen molar-refractivity contribution in [3.8, 4) is 0 Å². The maximum absolute atomic E-state index is 10.9. The van der Waals surface area contributed by atoms with Gasteiger partial charge in [0.25, 0.3) is 0 Å². The van der Waals surface area contributed by atoms with Crippen LogP contribution in [0.3, 0.4) is 0 Å². The summed E-state index contributed by atoms with van der Waals surface area (Å²) in [6.07, 6.45) is 4.37. The second-order valence-corrected chi connectivity index (χ2v) is 3.54. The van der Waals surface area contributed by atoms with Gasteiger partial charge in [-0.1, -0.05) is 0 Å². The molecule has 0 amide bonds. The number of nitrogens with zero attached hydrogens (tertiary/aromatic N) is 4. The quantitative estimate of drug-likeness (QED) is 0.406. The first-order valence-corrected chi connectivity index (χ1v) is 5.31. The van der Waals surface area contributed by atoms with E-state index < -0.39 is 4.92 Å². The number of rotatable bonds is 5. The van der Waals surface area contributed by atoms with E-state index >= 15 is 0 Å². The molecule has 0 spiro atoms. The number of nitrogens with one attached hydrogen (secondary N) is 2. The second kappa shape index (κ2) is 5.69. The lowest BCUT2D eigenvalue weighted by molar-refractivity contribution is -0.384. The third-order valence-corrected chi connectivity index (χ3v) is 2.30. The van der Waals surface area contributed by atoms with Gasteiger partial charge in [-0.25, -0.2) is 10.8 Å². The van der Waals surface area contributed by atoms with E-state index in [9.17, 15) is 10.1 Å². The summed E-state index contributed by atoms with van der Waals surface area (Å²) in [4.78, 5) is 21.8. The molecule has 2 aromatic heterocycles. The van der Waals surface area contributed by atoms with Gasteiger partial charge in [-0.15, -0.1) is 0 Å². The van der Waals surface area contributed by atoms with Crippen LogP contribution in [0.2, 0.25) is 0 Å². The lowest BCUT2D eigenvalue weighted by Crippen LogP contribution is -2.13. The summed E-state index contributed by atoms with van der Waals surface area (Å²) in [5, 5.41) is 13.7. The lowest BCUT2D eigenvalue weighted by Gasteiger charge is -2.07. The first-order valence-electron chi connectivity index (χ1n) is 5.31. The highest BCUT2D eigenvalue weighted by Gasteiger charge is 2.16. The van der Waals surface area contributed by atoms with Crippen molar-refractivity contribution < 1.29 is 4.92 Å². The van der Waals surface area contributed by atoms with Gasteiger partial charge >= 0.3 is 5.69 Å². The Morgan fingerprint density at radius 2 is 2.11 bits per heavy atom. The molecule has 98 valence electrons. The summed E-state index contributed by atoms with van der Waals surface area (Å²) in [5.41, 5.74) is 2.94. The van der Waals surface area contributed by atoms with Gasteiger partial charge in [-0.2, -0.15) is 4.98 Å². The number of pyridine rings is 1. The average molecular weight is 261 g/mol. The Kier molecular flexibility index (Phi) is 3.78. The summed E-state index contributed by atoms with van der Waals surface area (Å²) < 4.78 is 0. The molecule has 9 nitrogen and oxygen atoms in total. The summed E-state index contributed by atoms with van der Waals surface area (Å²) in [6, 6.07) is 3.59. The minimum Gasteiger partial charge on any atom is -0.360 e. The van der Waals surface area contributed by atoms with Crippen LogP contribution in [0.15, 0.2) is 30.7 Å². The Hall–Kier alpha value is -2.81. The van der Waals surface area contributed by atoms with Crippen LogP contribution in [0.25, 0.3) is 0 Å². The van der Waals surface area contributed by atoms with Gasteiger partial charge in [0.1, 0.15) is 6.20 Å². The third-order valence-electron chi connectivity index (χ3n) is 2.30. The molecule has 0 saturated heterocycles. The normalized spacial score (nSPS) is 9.95. The molecule has 4 N–H and O–H groups in total. The zero-order valence-electron chi connectivity index (χ0n) is 9.78. The largest absolute Gasteiger partial charge is 0.360 e. The van der Waals surface area contributed by atoms with E-state index in [4.69, 9.17) is 5.84 Å². The predicted molar refractivity (Wildman–Crippen MR) is 68.1 cm³/mol. The maximum Gasteiger partial charge on any atom is 0.329 e. The van der Waals surface area contributed by atoms with Gasteiger partial charge in [-0.05, 0) is 17.7 Å². The smallest absolute Gasteiger partial charge is 0.329 e. The molecular weight excluding hydrogens is 250 g/mol. The fourth-order valence-corrected chi connectivity index (χ4v) is 1.40. The molecule has 0 saturated carbocycles. The fraction of sp³-hybridized carbons (Fsp3) is 0.100. The van der Waals surface area contributed by atoms with E-state index in [0.717, 1.165) is 11.8 Å². The Bertz CT molecular complexity index is 575. The van der Waals surface area contributed by atoms with E-state index in [0.29, 0.717) is 6.54 Å². The molecule has 19 heavy (non-hydrogen) atoms. The zero-order chi connectivity index (χ0) is 13.7. The Labute approximate surface area is 108 Å². The number of anilines is 2. The van der Waals surface area contributed by atoms with Crippen LogP contribution in [0, 0.1) is 10.1 Å². The van der Waals surface area contributed by atoms with Crippen LogP contribution in [0.5, 0.6) is 0 Å². The number of nitrogen functional groups attached to an aromatic ring is 1. The first-order chi connectivity index (χ1) is 9.20. The molecule has 0 aliphatic heterocycles. The molecule has 2 rings (SSSR count). The van der Waals surface area contributed by atoms with Crippen LogP contribution in [0.4, 0.5) is 17.5 Å². The second-order valence-electron chi connectivity index (χ2n) is 3.54. The molecule has 2 heterocycles. The monoisotopic (exact) mass is 261 g/mol. The van der Waals surface area contributed by atoms with E-state index in [2.05, 4.69) is 25.7 Å². The van der Waals surface area contributed by atoms with Crippen molar-refractivity contribution in [2.24, 2.45) is 5.84 Å². The highest BCUT2D eigenvalue weighted by atomic mass is 16.6. The van der Waals surface area contributed by atoms with Crippen molar-refractivity contribution in [1.82, 2.24) is 15.0 Å². The van der Waals surface area contributed by atoms with E-state index in [-0.39, 0.29) is 17.5 Å². The van der Waals surface area contributed by atoms with Gasteiger partial charge < -0.3 is 5.32 Å². The Morgan fingerprint density at radius 3 is 2.74 bits per heavy atom. The summed E-state index contributed by atoms with van der Waals surface area (Å²) in [6.45, 7) is 0.379. The topological polar surface area (TPSA) is 132 Å².